The lowest BCUT2D eigenvalue weighted by molar-refractivity contribution is 0.0980. The average Bonchev–Trinajstić information content (AvgIpc) is 2.88. The molecule has 0 aromatic heterocycles. The van der Waals surface area contributed by atoms with E-state index < -0.39 is 48.9 Å². The van der Waals surface area contributed by atoms with Crippen molar-refractivity contribution in [3.63, 3.8) is 0 Å². The van der Waals surface area contributed by atoms with Gasteiger partial charge in [0.1, 0.15) is 4.90 Å². The number of hydrogen-bond acceptors (Lipinski definition) is 10. The molecule has 3 aromatic carbocycles. The van der Waals surface area contributed by atoms with Gasteiger partial charge in [-0.25, -0.2) is 13.1 Å². The maximum Gasteiger partial charge on any atom is 0.298 e. The molecule has 0 amide bonds. The van der Waals surface area contributed by atoms with Crippen LogP contribution in [-0.4, -0.2) is 53.8 Å². The largest absolute Gasteiger partial charge is 0.397 e. The Labute approximate surface area is 219 Å². The number of nitrogens with two attached hydrogens (primary N) is 1. The highest BCUT2D eigenvalue weighted by Crippen LogP contribution is 2.40. The molecule has 0 unspecified atom stereocenters. The van der Waals surface area contributed by atoms with Crippen LogP contribution in [0.5, 0.6) is 0 Å². The van der Waals surface area contributed by atoms with Gasteiger partial charge in [-0.15, -0.1) is 0 Å². The van der Waals surface area contributed by atoms with Gasteiger partial charge in [0.15, 0.2) is 11.6 Å². The summed E-state index contributed by atoms with van der Waals surface area (Å²) in [5.74, 6) is -1.20. The van der Waals surface area contributed by atoms with Crippen LogP contribution < -0.4 is 15.8 Å². The topological polar surface area (TPSA) is 182 Å². The van der Waals surface area contributed by atoms with Gasteiger partial charge < -0.3 is 16.2 Å². The molecule has 0 saturated heterocycles. The lowest BCUT2D eigenvalue weighted by atomic mass is 9.82. The summed E-state index contributed by atoms with van der Waals surface area (Å²) in [7, 11) is -7.49. The Bertz CT molecular complexity index is 1710. The van der Waals surface area contributed by atoms with E-state index in [4.69, 9.17) is 10.8 Å². The van der Waals surface area contributed by atoms with Crippen LogP contribution in [0.1, 0.15) is 43.0 Å². The van der Waals surface area contributed by atoms with Crippen LogP contribution in [0.4, 0.5) is 17.1 Å². The van der Waals surface area contributed by atoms with Crippen molar-refractivity contribution in [1.29, 1.82) is 0 Å². The fourth-order valence-electron chi connectivity index (χ4n) is 4.28. The number of ketones is 2. The molecule has 13 heteroatoms. The number of carbonyl (C=O) groups is 2. The second kappa shape index (κ2) is 9.93. The molecule has 38 heavy (non-hydrogen) atoms. The zero-order chi connectivity index (χ0) is 28.0. The van der Waals surface area contributed by atoms with Crippen molar-refractivity contribution in [2.75, 3.05) is 31.3 Å². The zero-order valence-corrected chi connectivity index (χ0v) is 22.3. The number of fused-ring (bicyclic) bond motifs is 2. The van der Waals surface area contributed by atoms with E-state index in [1.165, 1.54) is 18.2 Å². The lowest BCUT2D eigenvalue weighted by Crippen LogP contribution is -2.27. The van der Waals surface area contributed by atoms with E-state index in [-0.39, 0.29) is 45.1 Å². The second-order valence-corrected chi connectivity index (χ2v) is 12.0. The molecule has 3 aromatic rings. The van der Waals surface area contributed by atoms with Crippen molar-refractivity contribution in [1.82, 2.24) is 4.72 Å². The zero-order valence-electron chi connectivity index (χ0n) is 20.7. The van der Waals surface area contributed by atoms with Crippen LogP contribution in [0.15, 0.2) is 52.3 Å². The summed E-state index contributed by atoms with van der Waals surface area (Å²) in [6.07, 6.45) is 0. The Morgan fingerprint density at radius 2 is 1.53 bits per heavy atom. The molecule has 1 aliphatic rings. The standard InChI is InChI=1S/C25H25N3O8S2/c1-13-10-15(11-19(14(13)2)37(32,33)27-8-9-29)28-18-12-20(38(34,35)36-3)23(26)22-21(18)24(30)16-6-4-5-7-17(16)25(22)31/h4-7,10-12,27-29H,8-9,26H2,1-3H3. The summed E-state index contributed by atoms with van der Waals surface area (Å²) >= 11 is 0. The van der Waals surface area contributed by atoms with Gasteiger partial charge in [-0.05, 0) is 43.2 Å². The monoisotopic (exact) mass is 559 g/mol. The maximum absolute atomic E-state index is 13.6. The van der Waals surface area contributed by atoms with Gasteiger partial charge in [-0.2, -0.15) is 8.42 Å². The molecule has 1 aliphatic carbocycles. The number of sulfonamides is 1. The molecule has 4 rings (SSSR count). The number of anilines is 3. The number of nitrogen functional groups attached to an aromatic ring is 1. The number of rotatable bonds is 8. The van der Waals surface area contributed by atoms with Gasteiger partial charge in [0.25, 0.3) is 10.1 Å². The van der Waals surface area contributed by atoms with Gasteiger partial charge in [0.05, 0.1) is 41.1 Å². The highest BCUT2D eigenvalue weighted by atomic mass is 32.2. The maximum atomic E-state index is 13.6. The van der Waals surface area contributed by atoms with E-state index >= 15 is 0 Å². The first kappa shape index (κ1) is 27.4. The first-order valence-electron chi connectivity index (χ1n) is 11.3. The van der Waals surface area contributed by atoms with Crippen LogP contribution in [0.25, 0.3) is 0 Å². The molecule has 5 N–H and O–H groups in total. The van der Waals surface area contributed by atoms with Crippen molar-refractivity contribution in [3.05, 3.63) is 75.8 Å². The molecule has 0 aliphatic heterocycles. The quantitative estimate of drug-likeness (QED) is 0.184. The van der Waals surface area contributed by atoms with Crippen LogP contribution in [-0.2, 0) is 24.3 Å². The molecular formula is C25H25N3O8S2. The molecular weight excluding hydrogens is 534 g/mol. The van der Waals surface area contributed by atoms with Gasteiger partial charge in [-0.1, -0.05) is 24.3 Å². The number of aliphatic hydroxyl groups is 1. The number of benzene rings is 3. The predicted molar refractivity (Wildman–Crippen MR) is 140 cm³/mol. The van der Waals surface area contributed by atoms with E-state index in [1.807, 2.05) is 0 Å². The third-order valence-electron chi connectivity index (χ3n) is 6.28. The van der Waals surface area contributed by atoms with E-state index in [9.17, 15) is 26.4 Å². The van der Waals surface area contributed by atoms with Gasteiger partial charge in [0, 0.05) is 23.4 Å². The smallest absolute Gasteiger partial charge is 0.298 e. The first-order chi connectivity index (χ1) is 17.8. The first-order valence-corrected chi connectivity index (χ1v) is 14.2. The Morgan fingerprint density at radius 3 is 2.11 bits per heavy atom. The molecule has 0 atom stereocenters. The Kier molecular flexibility index (Phi) is 7.16. The minimum atomic E-state index is -4.41. The lowest BCUT2D eigenvalue weighted by Gasteiger charge is -2.24. The Hall–Kier alpha value is -3.62. The summed E-state index contributed by atoms with van der Waals surface area (Å²) in [6, 6.07) is 10.1. The molecule has 0 heterocycles. The van der Waals surface area contributed by atoms with Crippen molar-refractivity contribution in [2.45, 2.75) is 23.6 Å². The van der Waals surface area contributed by atoms with Gasteiger partial charge >= 0.3 is 0 Å². The van der Waals surface area contributed by atoms with Crippen molar-refractivity contribution in [3.8, 4) is 0 Å². The van der Waals surface area contributed by atoms with Crippen molar-refractivity contribution >= 4 is 48.8 Å². The normalized spacial score (nSPS) is 13.3. The number of carbonyl (C=O) groups excluding carboxylic acids is 2. The van der Waals surface area contributed by atoms with Crippen LogP contribution >= 0.6 is 0 Å². The average molecular weight is 560 g/mol. The van der Waals surface area contributed by atoms with Gasteiger partial charge in [0.2, 0.25) is 10.0 Å². The van der Waals surface area contributed by atoms with Gasteiger partial charge in [-0.3, -0.25) is 13.8 Å². The fraction of sp³-hybridized carbons (Fsp3) is 0.200. The predicted octanol–water partition coefficient (Wildman–Crippen LogP) is 2.01. The molecule has 11 nitrogen and oxygen atoms in total. The van der Waals surface area contributed by atoms with Crippen LogP contribution in [0.3, 0.4) is 0 Å². The van der Waals surface area contributed by atoms with Crippen LogP contribution in [0.2, 0.25) is 0 Å². The van der Waals surface area contributed by atoms with E-state index in [0.717, 1.165) is 13.2 Å². The molecule has 200 valence electrons. The number of aryl methyl sites for hydroxylation is 1. The summed E-state index contributed by atoms with van der Waals surface area (Å²) in [5.41, 5.74) is 6.59. The van der Waals surface area contributed by atoms with E-state index in [2.05, 4.69) is 14.2 Å². The highest BCUT2D eigenvalue weighted by Gasteiger charge is 2.37. The SMILES string of the molecule is COS(=O)(=O)c1cc(Nc2cc(C)c(C)c(S(=O)(=O)NCCO)c2)c2c(c1N)C(=O)c1ccccc1C2=O. The molecule has 0 spiro atoms. The summed E-state index contributed by atoms with van der Waals surface area (Å²) < 4.78 is 58.0. The van der Waals surface area contributed by atoms with Crippen molar-refractivity contribution < 1.29 is 35.7 Å². The van der Waals surface area contributed by atoms with E-state index in [0.29, 0.717) is 11.1 Å². The van der Waals surface area contributed by atoms with E-state index in [1.54, 1.807) is 32.0 Å². The Balaban J connectivity index is 1.97. The number of aliphatic hydroxyl groups excluding tert-OH is 1. The highest BCUT2D eigenvalue weighted by molar-refractivity contribution is 7.89. The Morgan fingerprint density at radius 1 is 0.921 bits per heavy atom. The summed E-state index contributed by atoms with van der Waals surface area (Å²) in [4.78, 5) is 26.4. The molecule has 0 bridgehead atoms. The minimum Gasteiger partial charge on any atom is -0.397 e. The minimum absolute atomic E-state index is 0.0733. The molecule has 0 fully saturated rings. The van der Waals surface area contributed by atoms with Crippen LogP contribution in [0, 0.1) is 13.8 Å². The third-order valence-corrected chi connectivity index (χ3v) is 9.18. The molecule has 0 saturated carbocycles. The second-order valence-electron chi connectivity index (χ2n) is 8.57. The fourth-order valence-corrected chi connectivity index (χ4v) is 6.46. The summed E-state index contributed by atoms with van der Waals surface area (Å²) in [6.45, 7) is 2.69. The number of nitrogens with one attached hydrogen (secondary N) is 2. The number of hydrogen-bond donors (Lipinski definition) is 4. The molecule has 0 radical (unpaired) electrons. The summed E-state index contributed by atoms with van der Waals surface area (Å²) in [5, 5.41) is 12.0. The van der Waals surface area contributed by atoms with Crippen molar-refractivity contribution in [2.24, 2.45) is 0 Å². The third kappa shape index (κ3) is 4.59.